The maximum absolute atomic E-state index is 9.60. The highest BCUT2D eigenvalue weighted by molar-refractivity contribution is 5.98. The van der Waals surface area contributed by atoms with Crippen LogP contribution in [-0.4, -0.2) is 21.9 Å². The van der Waals surface area contributed by atoms with Gasteiger partial charge in [0.15, 0.2) is 5.82 Å². The van der Waals surface area contributed by atoms with Crippen molar-refractivity contribution < 1.29 is 9.53 Å². The van der Waals surface area contributed by atoms with Gasteiger partial charge in [-0.25, -0.2) is 4.68 Å². The largest absolute Gasteiger partial charge is 0.462 e. The Balaban J connectivity index is 0.000000139. The molecule has 5 heteroatoms. The predicted octanol–water partition coefficient (Wildman–Crippen LogP) is 1.88. The molecule has 0 aromatic heterocycles. The van der Waals surface area contributed by atoms with Crippen LogP contribution in [-0.2, 0) is 9.53 Å². The maximum atomic E-state index is 9.60. The Morgan fingerprint density at radius 2 is 2.12 bits per heavy atom. The summed E-state index contributed by atoms with van der Waals surface area (Å²) in [4.78, 5) is 9.60. The molecule has 2 heterocycles. The van der Waals surface area contributed by atoms with Crippen LogP contribution in [0.1, 0.15) is 20.8 Å². The van der Waals surface area contributed by atoms with E-state index < -0.39 is 0 Å². The van der Waals surface area contributed by atoms with Gasteiger partial charge >= 0.3 is 0 Å². The highest BCUT2D eigenvalue weighted by Crippen LogP contribution is 2.35. The second-order valence-corrected chi connectivity index (χ2v) is 4.84. The standard InChI is InChI=1S/C7H5N3.C5H10O2/c8-4-1-2-6-5(3-4)7-9-10(6)7;1-5(2,3)7-4-6/h1-3H,8H2;4H,1-3H3. The summed E-state index contributed by atoms with van der Waals surface area (Å²) in [6.45, 7) is 5.92. The van der Waals surface area contributed by atoms with E-state index in [9.17, 15) is 4.79 Å². The van der Waals surface area contributed by atoms with Gasteiger partial charge < -0.3 is 10.5 Å². The maximum Gasteiger partial charge on any atom is 0.293 e. The Morgan fingerprint density at radius 1 is 1.41 bits per heavy atom. The number of carbonyl (C=O) groups excluding carboxylic acids is 1. The van der Waals surface area contributed by atoms with Crippen LogP contribution in [0.2, 0.25) is 0 Å². The quantitative estimate of drug-likeness (QED) is 0.514. The fraction of sp³-hybridized carbons (Fsp3) is 0.333. The lowest BCUT2D eigenvalue weighted by Gasteiger charge is -2.14. The summed E-state index contributed by atoms with van der Waals surface area (Å²) >= 11 is 0. The number of aromatic nitrogens is 2. The van der Waals surface area contributed by atoms with Crippen LogP contribution in [0.25, 0.3) is 16.7 Å². The van der Waals surface area contributed by atoms with Crippen molar-refractivity contribution in [2.75, 3.05) is 5.73 Å². The first-order valence-corrected chi connectivity index (χ1v) is 5.32. The van der Waals surface area contributed by atoms with Crippen LogP contribution < -0.4 is 5.73 Å². The van der Waals surface area contributed by atoms with E-state index in [4.69, 9.17) is 5.73 Å². The lowest BCUT2D eigenvalue weighted by Crippen LogP contribution is -2.17. The summed E-state index contributed by atoms with van der Waals surface area (Å²) in [5.41, 5.74) is 7.25. The van der Waals surface area contributed by atoms with Crippen LogP contribution in [0.4, 0.5) is 5.69 Å². The first-order chi connectivity index (χ1) is 7.92. The molecule has 2 aliphatic rings. The van der Waals surface area contributed by atoms with Gasteiger partial charge in [-0.05, 0) is 39.0 Å². The molecular weight excluding hydrogens is 218 g/mol. The van der Waals surface area contributed by atoms with Gasteiger partial charge in [0.2, 0.25) is 0 Å². The van der Waals surface area contributed by atoms with Crippen LogP contribution in [0.5, 0.6) is 0 Å². The Kier molecular flexibility index (Phi) is 2.53. The van der Waals surface area contributed by atoms with Crippen molar-refractivity contribution in [1.29, 1.82) is 0 Å². The molecule has 2 aliphatic heterocycles. The van der Waals surface area contributed by atoms with Crippen molar-refractivity contribution in [1.82, 2.24) is 9.78 Å². The molecule has 1 aromatic rings. The minimum absolute atomic E-state index is 0.318. The summed E-state index contributed by atoms with van der Waals surface area (Å²) in [6, 6.07) is 5.84. The third-order valence-corrected chi connectivity index (χ3v) is 2.25. The van der Waals surface area contributed by atoms with Crippen molar-refractivity contribution in [2.24, 2.45) is 0 Å². The van der Waals surface area contributed by atoms with Crippen LogP contribution in [0.3, 0.4) is 0 Å². The average Bonchev–Trinajstić information content (AvgIpc) is 2.89. The van der Waals surface area contributed by atoms with E-state index in [0.717, 1.165) is 11.5 Å². The zero-order valence-electron chi connectivity index (χ0n) is 10.1. The molecule has 0 unspecified atom stereocenters. The lowest BCUT2D eigenvalue weighted by molar-refractivity contribution is -0.138. The smallest absolute Gasteiger partial charge is 0.293 e. The second kappa shape index (κ2) is 3.76. The molecule has 3 rings (SSSR count). The van der Waals surface area contributed by atoms with Gasteiger partial charge in [0, 0.05) is 11.1 Å². The van der Waals surface area contributed by atoms with Crippen LogP contribution in [0, 0.1) is 0 Å². The van der Waals surface area contributed by atoms with Crippen molar-refractivity contribution in [3.63, 3.8) is 0 Å². The van der Waals surface area contributed by atoms with Crippen molar-refractivity contribution >= 4 is 23.1 Å². The van der Waals surface area contributed by atoms with Crippen molar-refractivity contribution in [3.05, 3.63) is 18.2 Å². The summed E-state index contributed by atoms with van der Waals surface area (Å²) in [6.07, 6.45) is 0. The van der Waals surface area contributed by atoms with Crippen LogP contribution in [0.15, 0.2) is 18.2 Å². The summed E-state index contributed by atoms with van der Waals surface area (Å²) in [5.74, 6) is 1.09. The zero-order chi connectivity index (χ0) is 12.6. The number of nitrogen functional groups attached to an aromatic ring is 1. The molecule has 0 atom stereocenters. The van der Waals surface area contributed by atoms with Crippen LogP contribution >= 0.6 is 0 Å². The fourth-order valence-corrected chi connectivity index (χ4v) is 1.42. The van der Waals surface area contributed by atoms with E-state index in [1.54, 1.807) is 0 Å². The monoisotopic (exact) mass is 233 g/mol. The molecule has 0 spiro atoms. The summed E-state index contributed by atoms with van der Waals surface area (Å²) in [5, 5.41) is 5.26. The topological polar surface area (TPSA) is 70.1 Å². The number of hydrogen-bond acceptors (Lipinski definition) is 4. The number of ether oxygens (including phenoxy) is 1. The minimum atomic E-state index is -0.318. The van der Waals surface area contributed by atoms with Gasteiger partial charge in [0.25, 0.3) is 6.47 Å². The molecular formula is C12H15N3O2. The highest BCUT2D eigenvalue weighted by atomic mass is 16.5. The van der Waals surface area contributed by atoms with E-state index >= 15 is 0 Å². The number of hydrogen-bond donors (Lipinski definition) is 1. The van der Waals surface area contributed by atoms with Crippen molar-refractivity contribution in [2.45, 2.75) is 26.4 Å². The number of nitrogens with zero attached hydrogens (tertiary/aromatic N) is 2. The third-order valence-electron chi connectivity index (χ3n) is 2.25. The molecule has 17 heavy (non-hydrogen) atoms. The summed E-state index contributed by atoms with van der Waals surface area (Å²) in [7, 11) is 0. The highest BCUT2D eigenvalue weighted by Gasteiger charge is 2.25. The Labute approximate surface area is 99.2 Å². The number of nitrogens with two attached hydrogens (primary N) is 1. The van der Waals surface area contributed by atoms with Gasteiger partial charge in [-0.1, -0.05) is 0 Å². The fourth-order valence-electron chi connectivity index (χ4n) is 1.42. The Morgan fingerprint density at radius 3 is 2.65 bits per heavy atom. The first kappa shape index (κ1) is 11.4. The molecule has 0 radical (unpaired) electrons. The molecule has 0 fully saturated rings. The SMILES string of the molecule is CC(C)(C)OC=O.Nc1ccc2c(c1)c1nn2-1. The van der Waals surface area contributed by atoms with E-state index in [1.165, 1.54) is 10.9 Å². The molecule has 2 N–H and O–H groups in total. The normalized spacial score (nSPS) is 11.7. The predicted molar refractivity (Wildman–Crippen MR) is 65.9 cm³/mol. The lowest BCUT2D eigenvalue weighted by atomic mass is 10.2. The second-order valence-electron chi connectivity index (χ2n) is 4.84. The van der Waals surface area contributed by atoms with Gasteiger partial charge in [-0.3, -0.25) is 4.79 Å². The molecule has 90 valence electrons. The molecule has 0 bridgehead atoms. The molecule has 1 aromatic carbocycles. The molecule has 5 nitrogen and oxygen atoms in total. The van der Waals surface area contributed by atoms with Crippen molar-refractivity contribution in [3.8, 4) is 5.82 Å². The van der Waals surface area contributed by atoms with E-state index in [1.807, 2.05) is 43.7 Å². The number of rotatable bonds is 1. The summed E-state index contributed by atoms with van der Waals surface area (Å²) < 4.78 is 6.46. The zero-order valence-corrected chi connectivity index (χ0v) is 10.1. The first-order valence-electron chi connectivity index (χ1n) is 5.32. The number of fused-ring (bicyclic) bond motifs is 4. The molecule has 0 amide bonds. The van der Waals surface area contributed by atoms with Gasteiger partial charge in [-0.15, -0.1) is 5.10 Å². The van der Waals surface area contributed by atoms with Gasteiger partial charge in [0.1, 0.15) is 5.60 Å². The number of benzene rings is 1. The Hall–Kier alpha value is -2.04. The average molecular weight is 233 g/mol. The Bertz CT molecular complexity index is 567. The van der Waals surface area contributed by atoms with E-state index in [2.05, 4.69) is 9.84 Å². The number of anilines is 1. The minimum Gasteiger partial charge on any atom is -0.462 e. The third kappa shape index (κ3) is 2.38. The van der Waals surface area contributed by atoms with E-state index in [-0.39, 0.29) is 5.60 Å². The molecule has 0 saturated carbocycles. The molecule has 0 aliphatic carbocycles. The molecule has 0 saturated heterocycles. The number of carbonyl (C=O) groups is 1. The van der Waals surface area contributed by atoms with Gasteiger partial charge in [0.05, 0.1) is 5.52 Å². The van der Waals surface area contributed by atoms with Gasteiger partial charge in [-0.2, -0.15) is 0 Å². The van der Waals surface area contributed by atoms with E-state index in [0.29, 0.717) is 6.47 Å².